The Morgan fingerprint density at radius 2 is 2.25 bits per heavy atom. The van der Waals surface area contributed by atoms with Gasteiger partial charge >= 0.3 is 0 Å². The zero-order valence-electron chi connectivity index (χ0n) is 9.40. The third kappa shape index (κ3) is 2.43. The fourth-order valence-electron chi connectivity index (χ4n) is 1.35. The van der Waals surface area contributed by atoms with Crippen molar-refractivity contribution in [2.75, 3.05) is 6.54 Å². The molecule has 0 aromatic carbocycles. The van der Waals surface area contributed by atoms with Crippen LogP contribution in [0.1, 0.15) is 18.3 Å². The molecule has 0 fully saturated rings. The van der Waals surface area contributed by atoms with E-state index in [-0.39, 0.29) is 0 Å². The first-order valence-electron chi connectivity index (χ1n) is 5.25. The minimum absolute atomic E-state index is 0.518. The molecule has 2 heterocycles. The number of aromatic nitrogens is 3. The molecule has 0 spiro atoms. The average molecular weight is 218 g/mol. The Bertz CT molecular complexity index is 467. The lowest BCUT2D eigenvalue weighted by molar-refractivity contribution is 0.419. The van der Waals surface area contributed by atoms with Gasteiger partial charge in [-0.2, -0.15) is 4.98 Å². The lowest BCUT2D eigenvalue weighted by Crippen LogP contribution is -2.12. The highest BCUT2D eigenvalue weighted by Gasteiger charge is 2.08. The van der Waals surface area contributed by atoms with Crippen molar-refractivity contribution in [2.24, 2.45) is 0 Å². The fraction of sp³-hybridized carbons (Fsp3) is 0.364. The molecule has 0 atom stereocenters. The fourth-order valence-corrected chi connectivity index (χ4v) is 1.35. The molecule has 0 unspecified atom stereocenters. The summed E-state index contributed by atoms with van der Waals surface area (Å²) < 4.78 is 5.16. The standard InChI is InChI=1S/C11H14N4O/c1-3-12-7-10-14-11(16-15-10)9-4-8(2)5-13-6-9/h4-6,12H,3,7H2,1-2H3. The number of nitrogens with one attached hydrogen (secondary N) is 1. The lowest BCUT2D eigenvalue weighted by atomic mass is 10.2. The zero-order valence-corrected chi connectivity index (χ0v) is 9.40. The van der Waals surface area contributed by atoms with Crippen molar-refractivity contribution in [1.82, 2.24) is 20.4 Å². The predicted octanol–water partition coefficient (Wildman–Crippen LogP) is 1.55. The highest BCUT2D eigenvalue weighted by atomic mass is 16.5. The van der Waals surface area contributed by atoms with Crippen LogP contribution in [-0.2, 0) is 6.54 Å². The first-order valence-corrected chi connectivity index (χ1v) is 5.25. The van der Waals surface area contributed by atoms with Gasteiger partial charge in [-0.1, -0.05) is 12.1 Å². The van der Waals surface area contributed by atoms with Gasteiger partial charge in [-0.15, -0.1) is 0 Å². The molecular weight excluding hydrogens is 204 g/mol. The normalized spacial score (nSPS) is 10.6. The molecule has 0 saturated heterocycles. The van der Waals surface area contributed by atoms with E-state index in [0.717, 1.165) is 17.7 Å². The van der Waals surface area contributed by atoms with Gasteiger partial charge in [0, 0.05) is 12.4 Å². The summed E-state index contributed by atoms with van der Waals surface area (Å²) in [7, 11) is 0. The van der Waals surface area contributed by atoms with Gasteiger partial charge in [0.1, 0.15) is 0 Å². The molecule has 0 amide bonds. The summed E-state index contributed by atoms with van der Waals surface area (Å²) in [5, 5.41) is 7.02. The van der Waals surface area contributed by atoms with Crippen LogP contribution in [0.15, 0.2) is 23.0 Å². The predicted molar refractivity (Wildman–Crippen MR) is 59.6 cm³/mol. The van der Waals surface area contributed by atoms with Gasteiger partial charge in [0.05, 0.1) is 12.1 Å². The number of nitrogens with zero attached hydrogens (tertiary/aromatic N) is 3. The van der Waals surface area contributed by atoms with Crippen molar-refractivity contribution in [1.29, 1.82) is 0 Å². The first-order chi connectivity index (χ1) is 7.79. The minimum Gasteiger partial charge on any atom is -0.334 e. The topological polar surface area (TPSA) is 63.8 Å². The molecule has 0 aliphatic carbocycles. The highest BCUT2D eigenvalue weighted by Crippen LogP contribution is 2.16. The van der Waals surface area contributed by atoms with E-state index in [2.05, 4.69) is 20.4 Å². The maximum absolute atomic E-state index is 5.16. The number of aryl methyl sites for hydroxylation is 1. The van der Waals surface area contributed by atoms with Crippen LogP contribution < -0.4 is 5.32 Å². The second-order valence-corrected chi connectivity index (χ2v) is 3.55. The van der Waals surface area contributed by atoms with E-state index in [1.165, 1.54) is 0 Å². The smallest absolute Gasteiger partial charge is 0.259 e. The summed E-state index contributed by atoms with van der Waals surface area (Å²) in [5.74, 6) is 1.18. The maximum Gasteiger partial charge on any atom is 0.259 e. The highest BCUT2D eigenvalue weighted by molar-refractivity contribution is 5.51. The summed E-state index contributed by atoms with van der Waals surface area (Å²) in [5.41, 5.74) is 1.93. The molecule has 0 bridgehead atoms. The second kappa shape index (κ2) is 4.85. The van der Waals surface area contributed by atoms with E-state index in [9.17, 15) is 0 Å². The molecule has 2 aromatic rings. The monoisotopic (exact) mass is 218 g/mol. The van der Waals surface area contributed by atoms with Crippen molar-refractivity contribution in [3.05, 3.63) is 29.8 Å². The molecule has 0 aliphatic rings. The quantitative estimate of drug-likeness (QED) is 0.843. The van der Waals surface area contributed by atoms with Crippen LogP contribution in [-0.4, -0.2) is 21.7 Å². The molecule has 0 radical (unpaired) electrons. The zero-order chi connectivity index (χ0) is 11.4. The average Bonchev–Trinajstić information content (AvgIpc) is 2.75. The van der Waals surface area contributed by atoms with Crippen LogP contribution in [0.25, 0.3) is 11.5 Å². The van der Waals surface area contributed by atoms with E-state index < -0.39 is 0 Å². The van der Waals surface area contributed by atoms with Crippen molar-refractivity contribution in [2.45, 2.75) is 20.4 Å². The van der Waals surface area contributed by atoms with Gasteiger partial charge in [0.15, 0.2) is 5.82 Å². The van der Waals surface area contributed by atoms with Crippen LogP contribution >= 0.6 is 0 Å². The number of hydrogen-bond acceptors (Lipinski definition) is 5. The van der Waals surface area contributed by atoms with E-state index >= 15 is 0 Å². The van der Waals surface area contributed by atoms with E-state index in [0.29, 0.717) is 18.3 Å². The Balaban J connectivity index is 2.18. The Labute approximate surface area is 93.9 Å². The maximum atomic E-state index is 5.16. The molecule has 2 rings (SSSR count). The van der Waals surface area contributed by atoms with Gasteiger partial charge in [-0.05, 0) is 25.1 Å². The molecule has 0 saturated carbocycles. The Morgan fingerprint density at radius 3 is 3.00 bits per heavy atom. The number of rotatable bonds is 4. The molecule has 84 valence electrons. The van der Waals surface area contributed by atoms with Crippen LogP contribution in [0.2, 0.25) is 0 Å². The van der Waals surface area contributed by atoms with Crippen LogP contribution in [0.4, 0.5) is 0 Å². The van der Waals surface area contributed by atoms with Crippen molar-refractivity contribution in [3.8, 4) is 11.5 Å². The van der Waals surface area contributed by atoms with E-state index in [1.54, 1.807) is 12.4 Å². The molecule has 2 aromatic heterocycles. The molecule has 0 aliphatic heterocycles. The van der Waals surface area contributed by atoms with Gasteiger partial charge < -0.3 is 9.84 Å². The summed E-state index contributed by atoms with van der Waals surface area (Å²) in [6.07, 6.45) is 3.51. The summed E-state index contributed by atoms with van der Waals surface area (Å²) in [6, 6.07) is 1.97. The van der Waals surface area contributed by atoms with Gasteiger partial charge in [0.2, 0.25) is 0 Å². The van der Waals surface area contributed by atoms with E-state index in [4.69, 9.17) is 4.52 Å². The SMILES string of the molecule is CCNCc1noc(-c2cncc(C)c2)n1. The van der Waals surface area contributed by atoms with Crippen LogP contribution in [0, 0.1) is 6.92 Å². The summed E-state index contributed by atoms with van der Waals surface area (Å²) >= 11 is 0. The Morgan fingerprint density at radius 1 is 1.38 bits per heavy atom. The van der Waals surface area contributed by atoms with Crippen LogP contribution in [0.3, 0.4) is 0 Å². The van der Waals surface area contributed by atoms with Gasteiger partial charge in [0.25, 0.3) is 5.89 Å². The molecule has 1 N–H and O–H groups in total. The van der Waals surface area contributed by atoms with Gasteiger partial charge in [-0.3, -0.25) is 4.98 Å². The molecule has 5 nitrogen and oxygen atoms in total. The van der Waals surface area contributed by atoms with Crippen LogP contribution in [0.5, 0.6) is 0 Å². The minimum atomic E-state index is 0.518. The third-order valence-electron chi connectivity index (χ3n) is 2.12. The Hall–Kier alpha value is -1.75. The lowest BCUT2D eigenvalue weighted by Gasteiger charge is -1.94. The molecule has 16 heavy (non-hydrogen) atoms. The van der Waals surface area contributed by atoms with Gasteiger partial charge in [-0.25, -0.2) is 0 Å². The number of pyridine rings is 1. The van der Waals surface area contributed by atoms with Crippen molar-refractivity contribution < 1.29 is 4.52 Å². The summed E-state index contributed by atoms with van der Waals surface area (Å²) in [4.78, 5) is 8.37. The molecule has 5 heteroatoms. The Kier molecular flexibility index (Phi) is 3.26. The van der Waals surface area contributed by atoms with Crippen molar-refractivity contribution >= 4 is 0 Å². The molecular formula is C11H14N4O. The number of hydrogen-bond donors (Lipinski definition) is 1. The summed E-state index contributed by atoms with van der Waals surface area (Å²) in [6.45, 7) is 5.52. The van der Waals surface area contributed by atoms with E-state index in [1.807, 2.05) is 19.9 Å². The second-order valence-electron chi connectivity index (χ2n) is 3.55. The van der Waals surface area contributed by atoms with Crippen molar-refractivity contribution in [3.63, 3.8) is 0 Å². The largest absolute Gasteiger partial charge is 0.334 e. The first kappa shape index (κ1) is 10.8. The third-order valence-corrected chi connectivity index (χ3v) is 2.12.